The molecule has 3 aromatic rings. The number of aliphatic imine (C=N–C) groups is 1. The van der Waals surface area contributed by atoms with Gasteiger partial charge in [0.2, 0.25) is 0 Å². The lowest BCUT2D eigenvalue weighted by molar-refractivity contribution is 0.349. The van der Waals surface area contributed by atoms with Crippen LogP contribution in [0.3, 0.4) is 0 Å². The van der Waals surface area contributed by atoms with Gasteiger partial charge in [0.1, 0.15) is 11.5 Å². The van der Waals surface area contributed by atoms with Crippen LogP contribution in [0.1, 0.15) is 48.3 Å². The monoisotopic (exact) mass is 414 g/mol. The summed E-state index contributed by atoms with van der Waals surface area (Å²) in [4.78, 5) is 9.30. The van der Waals surface area contributed by atoms with Crippen LogP contribution in [0.15, 0.2) is 65.9 Å². The zero-order chi connectivity index (χ0) is 21.2. The number of pyridine rings is 1. The average molecular weight is 415 g/mol. The van der Waals surface area contributed by atoms with Gasteiger partial charge in [0, 0.05) is 29.4 Å². The summed E-state index contributed by atoms with van der Waals surface area (Å²) in [6.45, 7) is 0. The zero-order valence-corrected chi connectivity index (χ0v) is 17.9. The molecule has 2 atom stereocenters. The van der Waals surface area contributed by atoms with Crippen molar-refractivity contribution in [2.45, 2.75) is 37.6 Å². The molecule has 0 bridgehead atoms. The first kappa shape index (κ1) is 19.6. The van der Waals surface area contributed by atoms with E-state index in [-0.39, 0.29) is 0 Å². The van der Waals surface area contributed by atoms with Crippen LogP contribution in [-0.4, -0.2) is 31.0 Å². The highest BCUT2D eigenvalue weighted by Crippen LogP contribution is 2.45. The van der Waals surface area contributed by atoms with Crippen LogP contribution in [0.4, 0.5) is 0 Å². The molecular formula is C26H26N2O3. The van der Waals surface area contributed by atoms with Crippen LogP contribution in [0.5, 0.6) is 23.0 Å². The molecule has 1 aliphatic carbocycles. The van der Waals surface area contributed by atoms with Crippen LogP contribution in [0.25, 0.3) is 0 Å². The maximum atomic E-state index is 6.05. The van der Waals surface area contributed by atoms with Gasteiger partial charge in [-0.3, -0.25) is 9.98 Å². The molecule has 2 aromatic carbocycles. The highest BCUT2D eigenvalue weighted by atomic mass is 16.5. The summed E-state index contributed by atoms with van der Waals surface area (Å²) in [6, 6.07) is 16.4. The summed E-state index contributed by atoms with van der Waals surface area (Å²) in [5.74, 6) is 3.48. The topological polar surface area (TPSA) is 52.9 Å². The van der Waals surface area contributed by atoms with Gasteiger partial charge in [-0.2, -0.15) is 0 Å². The molecule has 1 aromatic heterocycles. The molecule has 5 rings (SSSR count). The van der Waals surface area contributed by atoms with Crippen molar-refractivity contribution in [3.8, 4) is 23.0 Å². The Morgan fingerprint density at radius 2 is 1.61 bits per heavy atom. The predicted octanol–water partition coefficient (Wildman–Crippen LogP) is 5.77. The summed E-state index contributed by atoms with van der Waals surface area (Å²) in [5.41, 5.74) is 4.48. The fourth-order valence-corrected chi connectivity index (χ4v) is 4.75. The number of benzene rings is 2. The van der Waals surface area contributed by atoms with E-state index in [1.54, 1.807) is 26.6 Å². The average Bonchev–Trinajstić information content (AvgIpc) is 2.83. The summed E-state index contributed by atoms with van der Waals surface area (Å²) < 4.78 is 17.3. The normalized spacial score (nSPS) is 19.6. The molecule has 0 amide bonds. The number of hydrogen-bond donors (Lipinski definition) is 0. The molecule has 0 saturated heterocycles. The Morgan fingerprint density at radius 1 is 0.839 bits per heavy atom. The molecule has 1 saturated carbocycles. The van der Waals surface area contributed by atoms with Crippen molar-refractivity contribution in [1.82, 2.24) is 4.98 Å². The Kier molecular flexibility index (Phi) is 5.33. The van der Waals surface area contributed by atoms with Gasteiger partial charge in [-0.1, -0.05) is 25.0 Å². The lowest BCUT2D eigenvalue weighted by Gasteiger charge is -2.35. The summed E-state index contributed by atoms with van der Waals surface area (Å²) in [6.07, 6.45) is 8.21. The first-order valence-corrected chi connectivity index (χ1v) is 10.8. The second-order valence-electron chi connectivity index (χ2n) is 8.04. The van der Waals surface area contributed by atoms with E-state index in [0.717, 1.165) is 52.7 Å². The van der Waals surface area contributed by atoms with E-state index >= 15 is 0 Å². The largest absolute Gasteiger partial charge is 0.493 e. The van der Waals surface area contributed by atoms with Gasteiger partial charge >= 0.3 is 0 Å². The molecule has 1 aliphatic heterocycles. The van der Waals surface area contributed by atoms with E-state index < -0.39 is 0 Å². The fourth-order valence-electron chi connectivity index (χ4n) is 4.75. The zero-order valence-electron chi connectivity index (χ0n) is 17.9. The van der Waals surface area contributed by atoms with Crippen LogP contribution >= 0.6 is 0 Å². The number of fused-ring (bicyclic) bond motifs is 3. The van der Waals surface area contributed by atoms with Gasteiger partial charge in [-0.05, 0) is 54.8 Å². The Balaban J connectivity index is 1.59. The Labute approximate surface area is 182 Å². The minimum atomic E-state index is 0.305. The second-order valence-corrected chi connectivity index (χ2v) is 8.04. The Hall–Kier alpha value is -3.34. The molecule has 5 heteroatoms. The minimum Gasteiger partial charge on any atom is -0.493 e. The van der Waals surface area contributed by atoms with Crippen LogP contribution in [-0.2, 0) is 0 Å². The fraction of sp³-hybridized carbons (Fsp3) is 0.308. The summed E-state index contributed by atoms with van der Waals surface area (Å²) >= 11 is 0. The highest BCUT2D eigenvalue weighted by Gasteiger charge is 2.34. The molecule has 0 N–H and O–H groups in total. The summed E-state index contributed by atoms with van der Waals surface area (Å²) in [5, 5.41) is 0. The molecule has 1 fully saturated rings. The highest BCUT2D eigenvalue weighted by molar-refractivity contribution is 6.15. The lowest BCUT2D eigenvalue weighted by Crippen LogP contribution is -2.29. The van der Waals surface area contributed by atoms with Gasteiger partial charge < -0.3 is 14.2 Å². The first-order valence-electron chi connectivity index (χ1n) is 10.8. The van der Waals surface area contributed by atoms with Crippen LogP contribution in [0, 0.1) is 0 Å². The number of rotatable bonds is 5. The Morgan fingerprint density at radius 3 is 2.42 bits per heavy atom. The second kappa shape index (κ2) is 8.42. The number of methoxy groups -OCH3 is 2. The molecule has 5 nitrogen and oxygen atoms in total. The van der Waals surface area contributed by atoms with Gasteiger partial charge in [-0.25, -0.2) is 0 Å². The van der Waals surface area contributed by atoms with E-state index in [1.807, 2.05) is 24.3 Å². The van der Waals surface area contributed by atoms with Crippen molar-refractivity contribution < 1.29 is 14.2 Å². The molecule has 2 heterocycles. The number of hydrogen-bond acceptors (Lipinski definition) is 5. The number of nitrogens with zero attached hydrogens (tertiary/aromatic N) is 2. The van der Waals surface area contributed by atoms with Crippen molar-refractivity contribution in [3.63, 3.8) is 0 Å². The first-order chi connectivity index (χ1) is 15.3. The van der Waals surface area contributed by atoms with E-state index in [2.05, 4.69) is 29.2 Å². The molecule has 2 aliphatic rings. The molecule has 0 unspecified atom stereocenters. The van der Waals surface area contributed by atoms with Gasteiger partial charge in [0.15, 0.2) is 11.5 Å². The molecule has 0 spiro atoms. The van der Waals surface area contributed by atoms with Gasteiger partial charge in [0.25, 0.3) is 0 Å². The smallest absolute Gasteiger partial charge is 0.161 e. The van der Waals surface area contributed by atoms with E-state index in [0.29, 0.717) is 12.0 Å². The van der Waals surface area contributed by atoms with E-state index in [1.165, 1.54) is 18.4 Å². The SMILES string of the molecule is COc1cc2c(cc1OC)[C@H]1CCCC[C@H]1N=C2c1cccc(Oc2ccncc2)c1. The van der Waals surface area contributed by atoms with Crippen molar-refractivity contribution in [3.05, 3.63) is 77.6 Å². The van der Waals surface area contributed by atoms with E-state index in [4.69, 9.17) is 19.2 Å². The van der Waals surface area contributed by atoms with Crippen LogP contribution < -0.4 is 14.2 Å². The van der Waals surface area contributed by atoms with E-state index in [9.17, 15) is 0 Å². The lowest BCUT2D eigenvalue weighted by atomic mass is 9.75. The third-order valence-electron chi connectivity index (χ3n) is 6.23. The van der Waals surface area contributed by atoms with Crippen LogP contribution in [0.2, 0.25) is 0 Å². The quantitative estimate of drug-likeness (QED) is 0.532. The van der Waals surface area contributed by atoms with Crippen molar-refractivity contribution in [2.24, 2.45) is 4.99 Å². The molecule has 31 heavy (non-hydrogen) atoms. The number of aromatic nitrogens is 1. The predicted molar refractivity (Wildman–Crippen MR) is 121 cm³/mol. The molecule has 0 radical (unpaired) electrons. The third kappa shape index (κ3) is 3.76. The maximum Gasteiger partial charge on any atom is 0.161 e. The number of ether oxygens (including phenoxy) is 3. The van der Waals surface area contributed by atoms with Gasteiger partial charge in [-0.15, -0.1) is 0 Å². The Bertz CT molecular complexity index is 1110. The maximum absolute atomic E-state index is 6.05. The third-order valence-corrected chi connectivity index (χ3v) is 6.23. The van der Waals surface area contributed by atoms with Crippen molar-refractivity contribution in [2.75, 3.05) is 14.2 Å². The van der Waals surface area contributed by atoms with Crippen molar-refractivity contribution in [1.29, 1.82) is 0 Å². The van der Waals surface area contributed by atoms with Gasteiger partial charge in [0.05, 0.1) is 26.0 Å². The summed E-state index contributed by atoms with van der Waals surface area (Å²) in [7, 11) is 3.37. The molecular weight excluding hydrogens is 388 g/mol. The molecule has 158 valence electrons. The minimum absolute atomic E-state index is 0.305. The van der Waals surface area contributed by atoms with Crippen molar-refractivity contribution >= 4 is 5.71 Å². The standard InChI is InChI=1S/C26H26N2O3/c1-29-24-15-21-20-8-3-4-9-23(20)28-26(22(21)16-25(24)30-2)17-6-5-7-19(14-17)31-18-10-12-27-13-11-18/h5-7,10-16,20,23H,3-4,8-9H2,1-2H3/t20-,23-/m1/s1.